The molecule has 0 unspecified atom stereocenters. The smallest absolute Gasteiger partial charge is 0.225 e. The molecule has 1 amide bonds. The third-order valence-electron chi connectivity index (χ3n) is 7.14. The summed E-state index contributed by atoms with van der Waals surface area (Å²) in [6.07, 6.45) is 1.33. The van der Waals surface area contributed by atoms with Crippen molar-refractivity contribution < 1.29 is 28.8 Å². The second-order valence-corrected chi connectivity index (χ2v) is 9.82. The van der Waals surface area contributed by atoms with E-state index in [1.54, 1.807) is 0 Å². The third-order valence-corrected chi connectivity index (χ3v) is 7.14. The van der Waals surface area contributed by atoms with Crippen molar-refractivity contribution in [1.82, 2.24) is 9.80 Å². The highest BCUT2D eigenvalue weighted by atomic mass is 16.5. The summed E-state index contributed by atoms with van der Waals surface area (Å²) in [7, 11) is 0. The molecule has 8 nitrogen and oxygen atoms in total. The molecule has 3 aliphatic rings. The summed E-state index contributed by atoms with van der Waals surface area (Å²) in [6, 6.07) is 18.0. The molecule has 3 fully saturated rings. The quantitative estimate of drug-likeness (QED) is 0.659. The molecule has 0 aliphatic carbocycles. The first kappa shape index (κ1) is 25.2. The Morgan fingerprint density at radius 2 is 1.69 bits per heavy atom. The fourth-order valence-corrected chi connectivity index (χ4v) is 5.29. The first-order valence-electron chi connectivity index (χ1n) is 13.0. The van der Waals surface area contributed by atoms with E-state index in [4.69, 9.17) is 18.9 Å². The largest absolute Gasteiger partial charge is 0.457 e. The van der Waals surface area contributed by atoms with Gasteiger partial charge in [0.2, 0.25) is 5.91 Å². The van der Waals surface area contributed by atoms with Crippen LogP contribution < -0.4 is 4.74 Å². The average molecular weight is 497 g/mol. The van der Waals surface area contributed by atoms with Gasteiger partial charge in [0.1, 0.15) is 11.5 Å². The third kappa shape index (κ3) is 6.63. The van der Waals surface area contributed by atoms with Crippen LogP contribution in [0.5, 0.6) is 11.5 Å². The van der Waals surface area contributed by atoms with Crippen LogP contribution in [0.25, 0.3) is 0 Å². The minimum absolute atomic E-state index is 0.106. The molecule has 5 rings (SSSR count). The molecule has 1 N–H and O–H groups in total. The molecule has 3 saturated heterocycles. The van der Waals surface area contributed by atoms with Gasteiger partial charge in [0.05, 0.1) is 51.2 Å². The van der Waals surface area contributed by atoms with E-state index in [0.29, 0.717) is 52.4 Å². The standard InChI is InChI=1S/C28H36N2O6/c31-22-18-30(17-21-6-8-24(9-7-21)35-23-4-2-1-3-5-23)26-11-10-25(36-27(26)20-34-19-22)16-28(32)29-12-14-33-15-13-29/h1-9,22,25-27,31H,10-20H2/t22-,25+,26+,27-/m0/s1. The highest BCUT2D eigenvalue weighted by Crippen LogP contribution is 2.30. The van der Waals surface area contributed by atoms with Gasteiger partial charge in [0, 0.05) is 32.2 Å². The monoisotopic (exact) mass is 496 g/mol. The van der Waals surface area contributed by atoms with Gasteiger partial charge in [0.25, 0.3) is 0 Å². The van der Waals surface area contributed by atoms with Gasteiger partial charge in [-0.25, -0.2) is 0 Å². The SMILES string of the molecule is O=C(C[C@H]1CC[C@@H]2[C@H](COC[C@@H](O)CN2Cc2ccc(Oc3ccccc3)cc2)O1)N1CCOCC1. The second kappa shape index (κ2) is 12.2. The van der Waals surface area contributed by atoms with Crippen molar-refractivity contribution in [2.75, 3.05) is 46.1 Å². The molecular formula is C28H36N2O6. The molecule has 0 bridgehead atoms. The molecule has 0 aromatic heterocycles. The van der Waals surface area contributed by atoms with Gasteiger partial charge < -0.3 is 29.0 Å². The van der Waals surface area contributed by atoms with Crippen molar-refractivity contribution in [2.45, 2.75) is 50.2 Å². The van der Waals surface area contributed by atoms with Gasteiger partial charge in [-0.1, -0.05) is 30.3 Å². The number of fused-ring (bicyclic) bond motifs is 1. The maximum atomic E-state index is 12.7. The number of hydrogen-bond acceptors (Lipinski definition) is 7. The zero-order chi connectivity index (χ0) is 24.7. The van der Waals surface area contributed by atoms with Crippen LogP contribution in [-0.4, -0.2) is 91.2 Å². The summed E-state index contributed by atoms with van der Waals surface area (Å²) >= 11 is 0. The molecule has 4 atom stereocenters. The lowest BCUT2D eigenvalue weighted by atomic mass is 9.94. The zero-order valence-electron chi connectivity index (χ0n) is 20.7. The highest BCUT2D eigenvalue weighted by Gasteiger charge is 2.38. The minimum Gasteiger partial charge on any atom is -0.457 e. The average Bonchev–Trinajstić information content (AvgIpc) is 2.90. The van der Waals surface area contributed by atoms with Gasteiger partial charge in [0.15, 0.2) is 0 Å². The fraction of sp³-hybridized carbons (Fsp3) is 0.536. The maximum absolute atomic E-state index is 12.7. The molecule has 0 saturated carbocycles. The molecule has 8 heteroatoms. The van der Waals surface area contributed by atoms with Gasteiger partial charge in [-0.15, -0.1) is 0 Å². The zero-order valence-corrected chi connectivity index (χ0v) is 20.7. The van der Waals surface area contributed by atoms with Gasteiger partial charge in [-0.2, -0.15) is 0 Å². The Bertz CT molecular complexity index is 966. The lowest BCUT2D eigenvalue weighted by Gasteiger charge is -2.44. The normalized spacial score (nSPS) is 27.5. The number of benzene rings is 2. The van der Waals surface area contributed by atoms with Crippen LogP contribution >= 0.6 is 0 Å². The predicted molar refractivity (Wildman–Crippen MR) is 134 cm³/mol. The number of para-hydroxylation sites is 1. The van der Waals surface area contributed by atoms with Crippen LogP contribution in [-0.2, 0) is 25.5 Å². The van der Waals surface area contributed by atoms with E-state index in [-0.39, 0.29) is 30.8 Å². The molecule has 0 spiro atoms. The molecule has 3 aliphatic heterocycles. The summed E-state index contributed by atoms with van der Waals surface area (Å²) in [5.41, 5.74) is 1.15. The number of carbonyl (C=O) groups excluding carboxylic acids is 1. The number of aliphatic hydroxyl groups excluding tert-OH is 1. The first-order chi connectivity index (χ1) is 17.6. The van der Waals surface area contributed by atoms with E-state index in [1.165, 1.54) is 0 Å². The van der Waals surface area contributed by atoms with Crippen LogP contribution in [0.15, 0.2) is 54.6 Å². The predicted octanol–water partition coefficient (Wildman–Crippen LogP) is 2.84. The summed E-state index contributed by atoms with van der Waals surface area (Å²) in [6.45, 7) is 4.44. The van der Waals surface area contributed by atoms with E-state index in [1.807, 2.05) is 47.4 Å². The Morgan fingerprint density at radius 1 is 0.944 bits per heavy atom. The summed E-state index contributed by atoms with van der Waals surface area (Å²) in [5, 5.41) is 10.5. The number of morpholine rings is 1. The summed E-state index contributed by atoms with van der Waals surface area (Å²) in [4.78, 5) is 16.9. The second-order valence-electron chi connectivity index (χ2n) is 9.82. The molecule has 3 heterocycles. The van der Waals surface area contributed by atoms with Crippen LogP contribution in [0, 0.1) is 0 Å². The number of ether oxygens (including phenoxy) is 4. The van der Waals surface area contributed by atoms with E-state index >= 15 is 0 Å². The molecule has 2 aromatic carbocycles. The Labute approximate surface area is 212 Å². The number of rotatable bonds is 6. The van der Waals surface area contributed by atoms with Crippen molar-refractivity contribution in [3.8, 4) is 11.5 Å². The molecule has 0 radical (unpaired) electrons. The topological polar surface area (TPSA) is 80.7 Å². The fourth-order valence-electron chi connectivity index (χ4n) is 5.29. The van der Waals surface area contributed by atoms with Crippen molar-refractivity contribution in [3.63, 3.8) is 0 Å². The van der Waals surface area contributed by atoms with E-state index in [0.717, 1.165) is 29.9 Å². The molecule has 2 aromatic rings. The highest BCUT2D eigenvalue weighted by molar-refractivity contribution is 5.76. The van der Waals surface area contributed by atoms with Crippen LogP contribution in [0.4, 0.5) is 0 Å². The molecule has 194 valence electrons. The van der Waals surface area contributed by atoms with Gasteiger partial charge >= 0.3 is 0 Å². The first-order valence-corrected chi connectivity index (χ1v) is 13.0. The van der Waals surface area contributed by atoms with Crippen LogP contribution in [0.2, 0.25) is 0 Å². The molecule has 36 heavy (non-hydrogen) atoms. The number of amides is 1. The van der Waals surface area contributed by atoms with E-state index in [9.17, 15) is 9.90 Å². The minimum atomic E-state index is -0.549. The van der Waals surface area contributed by atoms with Crippen molar-refractivity contribution >= 4 is 5.91 Å². The Balaban J connectivity index is 1.21. The van der Waals surface area contributed by atoms with Crippen LogP contribution in [0.1, 0.15) is 24.8 Å². The Hall–Kier alpha value is -2.49. The number of aliphatic hydroxyl groups is 1. The summed E-state index contributed by atoms with van der Waals surface area (Å²) < 4.78 is 23.5. The van der Waals surface area contributed by atoms with E-state index in [2.05, 4.69) is 17.0 Å². The number of β-amino-alcohol motifs (C(OH)–C–C–N with tert-alkyl or cyclic N) is 1. The van der Waals surface area contributed by atoms with Gasteiger partial charge in [-0.05, 0) is 42.7 Å². The van der Waals surface area contributed by atoms with Gasteiger partial charge in [-0.3, -0.25) is 9.69 Å². The Kier molecular flexibility index (Phi) is 8.51. The summed E-state index contributed by atoms with van der Waals surface area (Å²) in [5.74, 6) is 1.73. The van der Waals surface area contributed by atoms with E-state index < -0.39 is 6.10 Å². The van der Waals surface area contributed by atoms with Crippen LogP contribution in [0.3, 0.4) is 0 Å². The van der Waals surface area contributed by atoms with Crippen molar-refractivity contribution in [3.05, 3.63) is 60.2 Å². The van der Waals surface area contributed by atoms with Crippen molar-refractivity contribution in [2.24, 2.45) is 0 Å². The number of hydrogen-bond donors (Lipinski definition) is 1. The maximum Gasteiger partial charge on any atom is 0.225 e. The Morgan fingerprint density at radius 3 is 2.47 bits per heavy atom. The molecular weight excluding hydrogens is 460 g/mol. The lowest BCUT2D eigenvalue weighted by molar-refractivity contribution is -0.162. The number of carbonyl (C=O) groups is 1. The lowest BCUT2D eigenvalue weighted by Crippen LogP contribution is -2.55. The van der Waals surface area contributed by atoms with Crippen molar-refractivity contribution in [1.29, 1.82) is 0 Å². The number of nitrogens with zero attached hydrogens (tertiary/aromatic N) is 2.